The van der Waals surface area contributed by atoms with Gasteiger partial charge in [0.25, 0.3) is 0 Å². The standard InChI is InChI=1S/C6H14.Li.H/c1-5(2)6(3)4;;/h5-6H,1-4H3;;/q;+1;-1. The molecule has 0 radical (unpaired) electrons. The molecule has 0 saturated carbocycles. The summed E-state index contributed by atoms with van der Waals surface area (Å²) in [5, 5.41) is 0. The molecule has 7 heavy (non-hydrogen) atoms. The molecule has 0 rings (SSSR count). The Morgan fingerprint density at radius 2 is 1.00 bits per heavy atom. The molecule has 1 heteroatoms. The van der Waals surface area contributed by atoms with E-state index in [1.807, 2.05) is 0 Å². The van der Waals surface area contributed by atoms with E-state index in [4.69, 9.17) is 0 Å². The van der Waals surface area contributed by atoms with Crippen molar-refractivity contribution in [3.63, 3.8) is 0 Å². The van der Waals surface area contributed by atoms with Gasteiger partial charge in [-0.1, -0.05) is 27.7 Å². The molecule has 0 aromatic rings. The van der Waals surface area contributed by atoms with Crippen LogP contribution in [0, 0.1) is 11.8 Å². The molecular formula is C6H15Li. The van der Waals surface area contributed by atoms with Crippen LogP contribution in [0.4, 0.5) is 0 Å². The molecule has 0 aliphatic carbocycles. The van der Waals surface area contributed by atoms with Gasteiger partial charge in [0, 0.05) is 0 Å². The molecule has 0 atom stereocenters. The van der Waals surface area contributed by atoms with Crippen LogP contribution < -0.4 is 18.9 Å². The third-order valence-corrected chi connectivity index (χ3v) is 1.33. The Labute approximate surface area is 60.3 Å². The molecule has 0 unspecified atom stereocenters. The molecule has 0 aliphatic heterocycles. The Hall–Kier alpha value is 0.597. The Balaban J connectivity index is -0.000000125. The third kappa shape index (κ3) is 6.60. The fraction of sp³-hybridized carbons (Fsp3) is 1.00. The molecule has 0 N–H and O–H groups in total. The van der Waals surface area contributed by atoms with Crippen LogP contribution in [0.5, 0.6) is 0 Å². The zero-order valence-electron chi connectivity index (χ0n) is 7.15. The number of hydrogen-bond acceptors (Lipinski definition) is 0. The molecule has 0 fully saturated rings. The van der Waals surface area contributed by atoms with E-state index in [0.717, 1.165) is 11.8 Å². The maximum atomic E-state index is 2.24. The van der Waals surface area contributed by atoms with Gasteiger partial charge in [0.05, 0.1) is 0 Å². The van der Waals surface area contributed by atoms with Gasteiger partial charge in [-0.2, -0.15) is 0 Å². The minimum atomic E-state index is 0. The van der Waals surface area contributed by atoms with E-state index < -0.39 is 0 Å². The fourth-order valence-electron chi connectivity index (χ4n) is 0. The van der Waals surface area contributed by atoms with E-state index >= 15 is 0 Å². The van der Waals surface area contributed by atoms with Gasteiger partial charge < -0.3 is 1.43 Å². The average Bonchev–Trinajstić information content (AvgIpc) is 1.36. The van der Waals surface area contributed by atoms with Crippen molar-refractivity contribution in [2.45, 2.75) is 27.7 Å². The molecule has 0 bridgehead atoms. The minimum Gasteiger partial charge on any atom is -1.00 e. The first kappa shape index (κ1) is 10.6. The van der Waals surface area contributed by atoms with Crippen molar-refractivity contribution >= 4 is 0 Å². The van der Waals surface area contributed by atoms with Gasteiger partial charge in [-0.25, -0.2) is 0 Å². The first-order chi connectivity index (χ1) is 2.64. The predicted octanol–water partition coefficient (Wildman–Crippen LogP) is -0.585. The Kier molecular flexibility index (Phi) is 7.16. The van der Waals surface area contributed by atoms with Crippen LogP contribution >= 0.6 is 0 Å². The van der Waals surface area contributed by atoms with E-state index in [1.54, 1.807) is 0 Å². The van der Waals surface area contributed by atoms with E-state index in [2.05, 4.69) is 27.7 Å². The summed E-state index contributed by atoms with van der Waals surface area (Å²) in [5.74, 6) is 1.70. The van der Waals surface area contributed by atoms with Crippen molar-refractivity contribution in [1.82, 2.24) is 0 Å². The second-order valence-electron chi connectivity index (χ2n) is 2.49. The number of rotatable bonds is 1. The van der Waals surface area contributed by atoms with Crippen LogP contribution in [-0.4, -0.2) is 0 Å². The van der Waals surface area contributed by atoms with Crippen LogP contribution in [0.25, 0.3) is 0 Å². The van der Waals surface area contributed by atoms with Crippen LogP contribution in [0.1, 0.15) is 29.1 Å². The predicted molar refractivity (Wildman–Crippen MR) is 30.8 cm³/mol. The second-order valence-corrected chi connectivity index (χ2v) is 2.49. The average molecular weight is 94.1 g/mol. The maximum absolute atomic E-state index is 2.24. The summed E-state index contributed by atoms with van der Waals surface area (Å²) in [7, 11) is 0. The molecule has 0 nitrogen and oxygen atoms in total. The summed E-state index contributed by atoms with van der Waals surface area (Å²) in [5.41, 5.74) is 0. The second kappa shape index (κ2) is 4.75. The molecule has 0 aromatic heterocycles. The molecule has 0 aromatic carbocycles. The number of hydrogen-bond donors (Lipinski definition) is 0. The van der Waals surface area contributed by atoms with Crippen molar-refractivity contribution in [1.29, 1.82) is 0 Å². The van der Waals surface area contributed by atoms with E-state index in [-0.39, 0.29) is 20.3 Å². The smallest absolute Gasteiger partial charge is 1.00 e. The molecular weight excluding hydrogens is 79.0 g/mol. The van der Waals surface area contributed by atoms with Crippen molar-refractivity contribution in [2.75, 3.05) is 0 Å². The van der Waals surface area contributed by atoms with Crippen LogP contribution in [0.3, 0.4) is 0 Å². The summed E-state index contributed by atoms with van der Waals surface area (Å²) < 4.78 is 0. The Bertz CT molecular complexity index is 29.5. The zero-order valence-corrected chi connectivity index (χ0v) is 6.15. The largest absolute Gasteiger partial charge is 1.00 e. The molecule has 0 amide bonds. The van der Waals surface area contributed by atoms with Crippen LogP contribution in [0.2, 0.25) is 0 Å². The van der Waals surface area contributed by atoms with Crippen LogP contribution in [-0.2, 0) is 0 Å². The quantitative estimate of drug-likeness (QED) is 0.381. The molecule has 0 saturated heterocycles. The monoisotopic (exact) mass is 94.1 g/mol. The first-order valence-corrected chi connectivity index (χ1v) is 2.64. The SMILES string of the molecule is CC(C)C(C)C.[H-].[Li+]. The first-order valence-electron chi connectivity index (χ1n) is 2.64. The summed E-state index contributed by atoms with van der Waals surface area (Å²) in [6.45, 7) is 8.96. The van der Waals surface area contributed by atoms with Crippen LogP contribution in [0.15, 0.2) is 0 Å². The molecule has 0 heterocycles. The Morgan fingerprint density at radius 3 is 1.00 bits per heavy atom. The van der Waals surface area contributed by atoms with E-state index in [1.165, 1.54) is 0 Å². The van der Waals surface area contributed by atoms with E-state index in [9.17, 15) is 0 Å². The normalized spacial score (nSPS) is 9.43. The van der Waals surface area contributed by atoms with Crippen molar-refractivity contribution in [3.8, 4) is 0 Å². The van der Waals surface area contributed by atoms with Crippen molar-refractivity contribution in [2.24, 2.45) is 11.8 Å². The van der Waals surface area contributed by atoms with Gasteiger partial charge in [-0.15, -0.1) is 0 Å². The van der Waals surface area contributed by atoms with E-state index in [0.29, 0.717) is 0 Å². The molecule has 0 spiro atoms. The summed E-state index contributed by atoms with van der Waals surface area (Å²) in [6.07, 6.45) is 0. The van der Waals surface area contributed by atoms with Gasteiger partial charge in [-0.3, -0.25) is 0 Å². The summed E-state index contributed by atoms with van der Waals surface area (Å²) in [6, 6.07) is 0. The van der Waals surface area contributed by atoms with Gasteiger partial charge in [0.1, 0.15) is 0 Å². The van der Waals surface area contributed by atoms with Gasteiger partial charge >= 0.3 is 18.9 Å². The molecule has 40 valence electrons. The van der Waals surface area contributed by atoms with Crippen molar-refractivity contribution in [3.05, 3.63) is 0 Å². The van der Waals surface area contributed by atoms with Gasteiger partial charge in [0.15, 0.2) is 0 Å². The van der Waals surface area contributed by atoms with Crippen molar-refractivity contribution < 1.29 is 20.3 Å². The summed E-state index contributed by atoms with van der Waals surface area (Å²) >= 11 is 0. The Morgan fingerprint density at radius 1 is 0.857 bits per heavy atom. The summed E-state index contributed by atoms with van der Waals surface area (Å²) in [4.78, 5) is 0. The minimum absolute atomic E-state index is 0. The maximum Gasteiger partial charge on any atom is 1.00 e. The van der Waals surface area contributed by atoms with Gasteiger partial charge in [-0.05, 0) is 11.8 Å². The molecule has 0 aliphatic rings. The topological polar surface area (TPSA) is 0 Å². The third-order valence-electron chi connectivity index (χ3n) is 1.33. The fourth-order valence-corrected chi connectivity index (χ4v) is 0. The zero-order chi connectivity index (χ0) is 5.15. The van der Waals surface area contributed by atoms with Gasteiger partial charge in [0.2, 0.25) is 0 Å².